The Kier molecular flexibility index (Phi) is 4.45. The number of aliphatic carboxylic acids is 1. The predicted octanol–water partition coefficient (Wildman–Crippen LogP) is 2.09. The molecular formula is C16H16O4. The second kappa shape index (κ2) is 6.28. The molecule has 1 N–H and O–H groups in total. The van der Waals surface area contributed by atoms with Gasteiger partial charge >= 0.3 is 5.97 Å². The summed E-state index contributed by atoms with van der Waals surface area (Å²) in [5.41, 5.74) is 0. The Labute approximate surface area is 117 Å². The molecule has 0 fully saturated rings. The lowest BCUT2D eigenvalue weighted by molar-refractivity contribution is -0.138. The van der Waals surface area contributed by atoms with Crippen molar-refractivity contribution in [2.75, 3.05) is 0 Å². The first kappa shape index (κ1) is 14.2. The summed E-state index contributed by atoms with van der Waals surface area (Å²) in [7, 11) is 0. The van der Waals surface area contributed by atoms with Crippen molar-refractivity contribution in [3.8, 4) is 0 Å². The molecular weight excluding hydrogens is 256 g/mol. The summed E-state index contributed by atoms with van der Waals surface area (Å²) in [5.74, 6) is -3.10. The average Bonchev–Trinajstić information content (AvgIpc) is 3.11. The molecule has 0 bridgehead atoms. The highest BCUT2D eigenvalue weighted by atomic mass is 16.4. The van der Waals surface area contributed by atoms with Gasteiger partial charge in [0.2, 0.25) is 0 Å². The molecule has 0 radical (unpaired) electrons. The predicted molar refractivity (Wildman–Crippen MR) is 73.9 cm³/mol. The maximum absolute atomic E-state index is 12.4. The second-order valence-corrected chi connectivity index (χ2v) is 4.88. The fraction of sp³-hybridized carbons (Fsp3) is 0.312. The maximum atomic E-state index is 12.4. The van der Waals surface area contributed by atoms with Gasteiger partial charge in [0.1, 0.15) is 0 Å². The number of carboxylic acid groups (broad SMARTS) is 1. The molecule has 2 rings (SSSR count). The first-order valence-electron chi connectivity index (χ1n) is 6.59. The van der Waals surface area contributed by atoms with Crippen LogP contribution >= 0.6 is 0 Å². The van der Waals surface area contributed by atoms with Gasteiger partial charge in [0, 0.05) is 6.42 Å². The van der Waals surface area contributed by atoms with Crippen molar-refractivity contribution in [3.05, 3.63) is 48.6 Å². The van der Waals surface area contributed by atoms with Crippen molar-refractivity contribution in [3.63, 3.8) is 0 Å². The van der Waals surface area contributed by atoms with E-state index in [1.807, 2.05) is 0 Å². The Hall–Kier alpha value is -2.23. The monoisotopic (exact) mass is 272 g/mol. The van der Waals surface area contributed by atoms with Gasteiger partial charge in [-0.25, -0.2) is 0 Å². The van der Waals surface area contributed by atoms with Crippen LogP contribution in [0.2, 0.25) is 0 Å². The molecule has 0 unspecified atom stereocenters. The van der Waals surface area contributed by atoms with E-state index in [-0.39, 0.29) is 24.4 Å². The first-order valence-corrected chi connectivity index (χ1v) is 6.59. The van der Waals surface area contributed by atoms with E-state index in [2.05, 4.69) is 0 Å². The quantitative estimate of drug-likeness (QED) is 0.720. The molecule has 0 aliphatic heterocycles. The Bertz CT molecular complexity index is 473. The normalized spacial score (nSPS) is 17.4. The highest BCUT2D eigenvalue weighted by molar-refractivity contribution is 6.07. The van der Waals surface area contributed by atoms with Crippen molar-refractivity contribution >= 4 is 17.5 Å². The molecule has 0 atom stereocenters. The van der Waals surface area contributed by atoms with Gasteiger partial charge in [-0.2, -0.15) is 0 Å². The lowest BCUT2D eigenvalue weighted by Crippen LogP contribution is -2.32. The van der Waals surface area contributed by atoms with Gasteiger partial charge in [-0.05, 0) is 6.42 Å². The van der Waals surface area contributed by atoms with Crippen LogP contribution in [-0.2, 0) is 14.4 Å². The number of allylic oxidation sites excluding steroid dienone is 8. The third kappa shape index (κ3) is 3.20. The molecule has 0 aromatic carbocycles. The van der Waals surface area contributed by atoms with Crippen LogP contribution in [-0.4, -0.2) is 22.6 Å². The average molecular weight is 272 g/mol. The van der Waals surface area contributed by atoms with Crippen LogP contribution < -0.4 is 0 Å². The summed E-state index contributed by atoms with van der Waals surface area (Å²) in [4.78, 5) is 35.5. The molecule has 0 amide bonds. The van der Waals surface area contributed by atoms with Crippen LogP contribution in [0.15, 0.2) is 48.6 Å². The van der Waals surface area contributed by atoms with Gasteiger partial charge < -0.3 is 5.11 Å². The van der Waals surface area contributed by atoms with Gasteiger partial charge in [-0.1, -0.05) is 48.6 Å². The van der Waals surface area contributed by atoms with E-state index < -0.39 is 23.7 Å². The standard InChI is InChI=1S/C16H16O4/c17-14(18)10-9-13(15(19)11-5-1-2-6-11)16(20)12-7-3-4-8-12/h1-8,11-13H,9-10H2,(H,17,18). The molecule has 4 nitrogen and oxygen atoms in total. The smallest absolute Gasteiger partial charge is 0.303 e. The largest absolute Gasteiger partial charge is 0.481 e. The first-order chi connectivity index (χ1) is 9.59. The van der Waals surface area contributed by atoms with Crippen LogP contribution in [0.25, 0.3) is 0 Å². The molecule has 0 saturated heterocycles. The summed E-state index contributed by atoms with van der Waals surface area (Å²) in [6, 6.07) is 0. The Balaban J connectivity index is 2.12. The lowest BCUT2D eigenvalue weighted by Gasteiger charge is -2.18. The summed E-state index contributed by atoms with van der Waals surface area (Å²) in [6.07, 6.45) is 13.8. The van der Waals surface area contributed by atoms with E-state index in [1.54, 1.807) is 48.6 Å². The fourth-order valence-corrected chi connectivity index (χ4v) is 2.40. The number of rotatable bonds is 7. The van der Waals surface area contributed by atoms with Gasteiger partial charge in [0.15, 0.2) is 11.6 Å². The number of hydrogen-bond acceptors (Lipinski definition) is 3. The van der Waals surface area contributed by atoms with Crippen LogP contribution in [0.1, 0.15) is 12.8 Å². The minimum absolute atomic E-state index is 0.0589. The Morgan fingerprint density at radius 3 is 1.60 bits per heavy atom. The minimum Gasteiger partial charge on any atom is -0.481 e. The van der Waals surface area contributed by atoms with E-state index in [0.717, 1.165) is 0 Å². The Morgan fingerprint density at radius 2 is 1.25 bits per heavy atom. The van der Waals surface area contributed by atoms with Gasteiger partial charge in [-0.3, -0.25) is 14.4 Å². The third-order valence-corrected chi connectivity index (χ3v) is 3.49. The van der Waals surface area contributed by atoms with Crippen LogP contribution in [0.5, 0.6) is 0 Å². The number of Topliss-reactive ketones (excluding diaryl/α,β-unsaturated/α-hetero) is 2. The number of hydrogen-bond donors (Lipinski definition) is 1. The summed E-state index contributed by atoms with van der Waals surface area (Å²) in [6.45, 7) is 0. The Morgan fingerprint density at radius 1 is 0.850 bits per heavy atom. The van der Waals surface area contributed by atoms with E-state index in [4.69, 9.17) is 5.11 Å². The molecule has 2 aliphatic carbocycles. The second-order valence-electron chi connectivity index (χ2n) is 4.88. The minimum atomic E-state index is -0.995. The highest BCUT2D eigenvalue weighted by Gasteiger charge is 2.33. The summed E-state index contributed by atoms with van der Waals surface area (Å²) < 4.78 is 0. The summed E-state index contributed by atoms with van der Waals surface area (Å²) >= 11 is 0. The zero-order valence-corrected chi connectivity index (χ0v) is 10.9. The fourth-order valence-electron chi connectivity index (χ4n) is 2.40. The highest BCUT2D eigenvalue weighted by Crippen LogP contribution is 2.25. The number of ketones is 2. The van der Waals surface area contributed by atoms with Crippen molar-refractivity contribution < 1.29 is 19.5 Å². The van der Waals surface area contributed by atoms with Crippen molar-refractivity contribution in [1.82, 2.24) is 0 Å². The van der Waals surface area contributed by atoms with Gasteiger partial charge in [0.05, 0.1) is 17.8 Å². The van der Waals surface area contributed by atoms with Gasteiger partial charge in [-0.15, -0.1) is 0 Å². The van der Waals surface area contributed by atoms with Crippen LogP contribution in [0, 0.1) is 17.8 Å². The number of carbonyl (C=O) groups is 3. The molecule has 0 aromatic rings. The van der Waals surface area contributed by atoms with Crippen molar-refractivity contribution in [1.29, 1.82) is 0 Å². The van der Waals surface area contributed by atoms with Crippen LogP contribution in [0.4, 0.5) is 0 Å². The molecule has 0 spiro atoms. The number of carbonyl (C=O) groups excluding carboxylic acids is 2. The maximum Gasteiger partial charge on any atom is 0.303 e. The molecule has 2 aliphatic rings. The van der Waals surface area contributed by atoms with E-state index in [0.29, 0.717) is 0 Å². The molecule has 20 heavy (non-hydrogen) atoms. The lowest BCUT2D eigenvalue weighted by atomic mass is 9.82. The number of carboxylic acids is 1. The van der Waals surface area contributed by atoms with E-state index in [9.17, 15) is 14.4 Å². The third-order valence-electron chi connectivity index (χ3n) is 3.49. The molecule has 104 valence electrons. The molecule has 0 heterocycles. The van der Waals surface area contributed by atoms with Gasteiger partial charge in [0.25, 0.3) is 0 Å². The SMILES string of the molecule is O=C(O)CCC(C(=O)C1C=CC=C1)C(=O)C1C=CC=C1. The topological polar surface area (TPSA) is 71.4 Å². The molecule has 0 saturated carbocycles. The van der Waals surface area contributed by atoms with E-state index >= 15 is 0 Å². The van der Waals surface area contributed by atoms with Crippen LogP contribution in [0.3, 0.4) is 0 Å². The zero-order chi connectivity index (χ0) is 14.5. The van der Waals surface area contributed by atoms with Crippen molar-refractivity contribution in [2.24, 2.45) is 17.8 Å². The molecule has 4 heteroatoms. The van der Waals surface area contributed by atoms with Crippen molar-refractivity contribution in [2.45, 2.75) is 12.8 Å². The summed E-state index contributed by atoms with van der Waals surface area (Å²) in [5, 5.41) is 8.78. The molecule has 0 aromatic heterocycles. The zero-order valence-electron chi connectivity index (χ0n) is 10.9. The van der Waals surface area contributed by atoms with E-state index in [1.165, 1.54) is 0 Å².